The molecular formula is C18H17Cl2FN2O3. The van der Waals surface area contributed by atoms with Gasteiger partial charge in [0.15, 0.2) is 6.61 Å². The molecule has 0 aromatic heterocycles. The Bertz CT molecular complexity index is 811. The lowest BCUT2D eigenvalue weighted by Crippen LogP contribution is -2.28. The molecule has 0 saturated heterocycles. The summed E-state index contributed by atoms with van der Waals surface area (Å²) in [6.45, 7) is -0.213. The second-order valence-corrected chi connectivity index (χ2v) is 6.47. The summed E-state index contributed by atoms with van der Waals surface area (Å²) >= 11 is 11.4. The summed E-state index contributed by atoms with van der Waals surface area (Å²) in [5, 5.41) is 2.37. The number of nitrogens with one attached hydrogen (secondary N) is 1. The van der Waals surface area contributed by atoms with E-state index in [4.69, 9.17) is 27.9 Å². The molecule has 2 aromatic carbocycles. The molecule has 0 aliphatic rings. The minimum atomic E-state index is -0.906. The molecule has 2 aromatic rings. The number of halogens is 3. The Morgan fingerprint density at radius 3 is 2.38 bits per heavy atom. The maximum atomic E-state index is 13.4. The minimum Gasteiger partial charge on any atom is -0.452 e. The number of hydrogen-bond acceptors (Lipinski definition) is 4. The van der Waals surface area contributed by atoms with E-state index in [0.29, 0.717) is 6.54 Å². The zero-order valence-electron chi connectivity index (χ0n) is 14.2. The third-order valence-corrected chi connectivity index (χ3v) is 4.11. The highest BCUT2D eigenvalue weighted by molar-refractivity contribution is 6.36. The zero-order valence-corrected chi connectivity index (χ0v) is 15.7. The summed E-state index contributed by atoms with van der Waals surface area (Å²) in [4.78, 5) is 25.7. The molecular weight excluding hydrogens is 382 g/mol. The topological polar surface area (TPSA) is 58.6 Å². The van der Waals surface area contributed by atoms with Crippen LogP contribution in [0.25, 0.3) is 0 Å². The van der Waals surface area contributed by atoms with Crippen LogP contribution in [0, 0.1) is 5.82 Å². The number of esters is 1. The summed E-state index contributed by atoms with van der Waals surface area (Å²) in [5.74, 6) is -2.19. The molecule has 0 radical (unpaired) electrons. The molecule has 0 bridgehead atoms. The largest absolute Gasteiger partial charge is 0.452 e. The van der Waals surface area contributed by atoms with Crippen LogP contribution in [-0.2, 0) is 16.1 Å². The number of hydrogen-bond donors (Lipinski definition) is 1. The van der Waals surface area contributed by atoms with Crippen molar-refractivity contribution in [3.63, 3.8) is 0 Å². The molecule has 5 nitrogen and oxygen atoms in total. The van der Waals surface area contributed by atoms with Crippen molar-refractivity contribution in [2.75, 3.05) is 25.6 Å². The smallest absolute Gasteiger partial charge is 0.340 e. The Hall–Kier alpha value is -2.31. The summed E-state index contributed by atoms with van der Waals surface area (Å²) in [5.41, 5.74) is 1.75. The Morgan fingerprint density at radius 2 is 1.77 bits per heavy atom. The molecule has 0 fully saturated rings. The molecule has 0 unspecified atom stereocenters. The molecule has 1 amide bonds. The first kappa shape index (κ1) is 20.0. The van der Waals surface area contributed by atoms with E-state index in [1.165, 1.54) is 0 Å². The quantitative estimate of drug-likeness (QED) is 0.595. The number of rotatable bonds is 6. The van der Waals surface area contributed by atoms with Crippen LogP contribution in [0.3, 0.4) is 0 Å². The van der Waals surface area contributed by atoms with Crippen molar-refractivity contribution in [1.82, 2.24) is 5.32 Å². The van der Waals surface area contributed by atoms with Crippen LogP contribution in [0.1, 0.15) is 15.9 Å². The van der Waals surface area contributed by atoms with Gasteiger partial charge >= 0.3 is 5.97 Å². The van der Waals surface area contributed by atoms with Gasteiger partial charge in [-0.3, -0.25) is 4.79 Å². The summed E-state index contributed by atoms with van der Waals surface area (Å²) in [6.07, 6.45) is 0. The van der Waals surface area contributed by atoms with E-state index >= 15 is 0 Å². The number of benzene rings is 2. The van der Waals surface area contributed by atoms with Gasteiger partial charge in [0.2, 0.25) is 0 Å². The second-order valence-electron chi connectivity index (χ2n) is 5.66. The number of nitrogens with zero attached hydrogens (tertiary/aromatic N) is 1. The fourth-order valence-electron chi connectivity index (χ4n) is 2.05. The third-order valence-electron chi connectivity index (χ3n) is 3.51. The van der Waals surface area contributed by atoms with Crippen molar-refractivity contribution in [3.05, 3.63) is 63.4 Å². The van der Waals surface area contributed by atoms with Crippen LogP contribution in [-0.4, -0.2) is 32.6 Å². The van der Waals surface area contributed by atoms with Crippen molar-refractivity contribution in [3.8, 4) is 0 Å². The average Bonchev–Trinajstić information content (AvgIpc) is 2.61. The van der Waals surface area contributed by atoms with E-state index in [9.17, 15) is 14.0 Å². The highest BCUT2D eigenvalue weighted by Gasteiger charge is 2.16. The first-order valence-electron chi connectivity index (χ1n) is 7.62. The van der Waals surface area contributed by atoms with E-state index in [1.807, 2.05) is 43.3 Å². The van der Waals surface area contributed by atoms with E-state index in [1.54, 1.807) is 0 Å². The Kier molecular flexibility index (Phi) is 6.83. The number of carbonyl (C=O) groups excluding carboxylic acids is 2. The van der Waals surface area contributed by atoms with E-state index < -0.39 is 24.3 Å². The first-order chi connectivity index (χ1) is 12.3. The third kappa shape index (κ3) is 5.34. The van der Waals surface area contributed by atoms with Gasteiger partial charge < -0.3 is 15.0 Å². The van der Waals surface area contributed by atoms with Gasteiger partial charge in [0.1, 0.15) is 5.82 Å². The Balaban J connectivity index is 1.85. The van der Waals surface area contributed by atoms with Crippen LogP contribution in [0.4, 0.5) is 10.1 Å². The average molecular weight is 399 g/mol. The minimum absolute atomic E-state index is 0.0530. The van der Waals surface area contributed by atoms with Gasteiger partial charge in [-0.2, -0.15) is 0 Å². The van der Waals surface area contributed by atoms with E-state index in [0.717, 1.165) is 23.4 Å². The normalized spacial score (nSPS) is 10.3. The summed E-state index contributed by atoms with van der Waals surface area (Å²) in [6, 6.07) is 9.61. The van der Waals surface area contributed by atoms with Crippen molar-refractivity contribution < 1.29 is 18.7 Å². The SMILES string of the molecule is CN(C)c1ccc(CNC(=O)COC(=O)c2cc(F)c(Cl)cc2Cl)cc1. The van der Waals surface area contributed by atoms with Gasteiger partial charge in [-0.15, -0.1) is 0 Å². The molecule has 26 heavy (non-hydrogen) atoms. The van der Waals surface area contributed by atoms with Gasteiger partial charge in [0.25, 0.3) is 5.91 Å². The molecule has 0 aliphatic carbocycles. The maximum absolute atomic E-state index is 13.4. The van der Waals surface area contributed by atoms with E-state index in [2.05, 4.69) is 5.32 Å². The summed E-state index contributed by atoms with van der Waals surface area (Å²) < 4.78 is 18.3. The molecule has 138 valence electrons. The van der Waals surface area contributed by atoms with Crippen molar-refractivity contribution in [1.29, 1.82) is 0 Å². The van der Waals surface area contributed by atoms with Gasteiger partial charge in [-0.25, -0.2) is 9.18 Å². The van der Waals surface area contributed by atoms with Gasteiger partial charge in [-0.05, 0) is 29.8 Å². The predicted octanol–water partition coefficient (Wildman–Crippen LogP) is 3.67. The molecule has 0 atom stereocenters. The lowest BCUT2D eigenvalue weighted by molar-refractivity contribution is -0.124. The standard InChI is InChI=1S/C18H17Cl2FN2O3/c1-23(2)12-5-3-11(4-6-12)9-22-17(24)10-26-18(25)13-7-16(21)15(20)8-14(13)19/h3-8H,9-10H2,1-2H3,(H,22,24). The maximum Gasteiger partial charge on any atom is 0.340 e. The molecule has 0 aliphatic heterocycles. The van der Waals surface area contributed by atoms with Crippen LogP contribution in [0.5, 0.6) is 0 Å². The van der Waals surface area contributed by atoms with Crippen LogP contribution in [0.2, 0.25) is 10.0 Å². The highest BCUT2D eigenvalue weighted by atomic mass is 35.5. The van der Waals surface area contributed by atoms with Crippen molar-refractivity contribution >= 4 is 40.8 Å². The van der Waals surface area contributed by atoms with Crippen molar-refractivity contribution in [2.24, 2.45) is 0 Å². The van der Waals surface area contributed by atoms with Gasteiger partial charge in [0, 0.05) is 26.3 Å². The lowest BCUT2D eigenvalue weighted by atomic mass is 10.2. The molecule has 0 saturated carbocycles. The molecule has 1 N–H and O–H groups in total. The lowest BCUT2D eigenvalue weighted by Gasteiger charge is -2.13. The molecule has 2 rings (SSSR count). The second kappa shape index (κ2) is 8.87. The fraction of sp³-hybridized carbons (Fsp3) is 0.222. The van der Waals surface area contributed by atoms with Crippen LogP contribution < -0.4 is 10.2 Å². The van der Waals surface area contributed by atoms with Crippen LogP contribution in [0.15, 0.2) is 36.4 Å². The number of anilines is 1. The van der Waals surface area contributed by atoms with Crippen LogP contribution >= 0.6 is 23.2 Å². The number of carbonyl (C=O) groups is 2. The zero-order chi connectivity index (χ0) is 19.3. The monoisotopic (exact) mass is 398 g/mol. The van der Waals surface area contributed by atoms with E-state index in [-0.39, 0.29) is 15.6 Å². The number of ether oxygens (including phenoxy) is 1. The summed E-state index contributed by atoms with van der Waals surface area (Å²) in [7, 11) is 3.87. The Labute approximate surface area is 160 Å². The van der Waals surface area contributed by atoms with Gasteiger partial charge in [0.05, 0.1) is 15.6 Å². The fourth-order valence-corrected chi connectivity index (χ4v) is 2.51. The number of amides is 1. The van der Waals surface area contributed by atoms with Gasteiger partial charge in [-0.1, -0.05) is 35.3 Å². The highest BCUT2D eigenvalue weighted by Crippen LogP contribution is 2.24. The van der Waals surface area contributed by atoms with Crippen molar-refractivity contribution in [2.45, 2.75) is 6.54 Å². The molecule has 0 heterocycles. The molecule has 8 heteroatoms. The Morgan fingerprint density at radius 1 is 1.12 bits per heavy atom. The molecule has 0 spiro atoms. The predicted molar refractivity (Wildman–Crippen MR) is 99.3 cm³/mol. The first-order valence-corrected chi connectivity index (χ1v) is 8.38.